The number of aromatic nitrogens is 1. The average Bonchev–Trinajstić information content (AvgIpc) is 3.15. The molecule has 0 amide bonds. The minimum absolute atomic E-state index is 0.130. The minimum atomic E-state index is -0.326. The monoisotopic (exact) mass is 263 g/mol. The molecular formula is C15H26BNO2. The molecule has 1 aromatic heterocycles. The van der Waals surface area contributed by atoms with Gasteiger partial charge in [0, 0.05) is 29.6 Å². The van der Waals surface area contributed by atoms with E-state index in [9.17, 15) is 0 Å². The maximum atomic E-state index is 5.72. The maximum Gasteiger partial charge on any atom is 0.495 e. The predicted octanol–water partition coefficient (Wildman–Crippen LogP) is 3.11. The van der Waals surface area contributed by atoms with Crippen LogP contribution in [-0.2, 0) is 9.31 Å². The van der Waals surface area contributed by atoms with Gasteiger partial charge in [0.1, 0.15) is 0 Å². The van der Waals surface area contributed by atoms with Gasteiger partial charge in [-0.15, -0.1) is 0 Å². The first-order valence-corrected chi connectivity index (χ1v) is 7.22. The van der Waals surface area contributed by atoms with E-state index in [2.05, 4.69) is 4.98 Å². The van der Waals surface area contributed by atoms with Gasteiger partial charge < -0.3 is 9.31 Å². The Morgan fingerprint density at radius 3 is 1.84 bits per heavy atom. The van der Waals surface area contributed by atoms with Crippen LogP contribution in [-0.4, -0.2) is 24.3 Å². The summed E-state index contributed by atoms with van der Waals surface area (Å²) in [6.07, 6.45) is 6.57. The Kier molecular flexibility index (Phi) is 7.10. The Labute approximate surface area is 117 Å². The largest absolute Gasteiger partial charge is 0.495 e. The number of nitrogens with zero attached hydrogens (tertiary/aromatic N) is 1. The van der Waals surface area contributed by atoms with E-state index in [1.165, 1.54) is 19.3 Å². The van der Waals surface area contributed by atoms with Gasteiger partial charge in [0.05, 0.1) is 0 Å². The molecule has 1 aromatic rings. The van der Waals surface area contributed by atoms with E-state index in [-0.39, 0.29) is 19.3 Å². The zero-order chi connectivity index (χ0) is 14.3. The van der Waals surface area contributed by atoms with Crippen LogP contribution in [0.2, 0.25) is 0 Å². The molecule has 1 saturated carbocycles. The topological polar surface area (TPSA) is 31.4 Å². The Balaban J connectivity index is 0.000000524. The molecule has 0 aliphatic heterocycles. The Hall–Kier alpha value is -0.865. The fourth-order valence-corrected chi connectivity index (χ4v) is 1.30. The van der Waals surface area contributed by atoms with Crippen molar-refractivity contribution in [2.45, 2.75) is 66.1 Å². The normalized spacial score (nSPS) is 13.2. The van der Waals surface area contributed by atoms with Gasteiger partial charge in [-0.3, -0.25) is 4.98 Å². The number of aryl methyl sites for hydroxylation is 1. The number of rotatable bonds is 5. The van der Waals surface area contributed by atoms with Gasteiger partial charge in [0.15, 0.2) is 0 Å². The van der Waals surface area contributed by atoms with Crippen molar-refractivity contribution in [1.29, 1.82) is 0 Å². The van der Waals surface area contributed by atoms with Crippen molar-refractivity contribution in [3.63, 3.8) is 0 Å². The molecule has 2 rings (SSSR count). The SMILES string of the molecule is C1CC1.Cc1ccc(B(OC(C)C)OC(C)C)cn1. The second-order valence-corrected chi connectivity index (χ2v) is 5.50. The van der Waals surface area contributed by atoms with Crippen molar-refractivity contribution < 1.29 is 9.31 Å². The van der Waals surface area contributed by atoms with Crippen molar-refractivity contribution in [2.75, 3.05) is 0 Å². The summed E-state index contributed by atoms with van der Waals surface area (Å²) in [7, 11) is -0.326. The molecule has 0 aromatic carbocycles. The Morgan fingerprint density at radius 1 is 1.00 bits per heavy atom. The highest BCUT2D eigenvalue weighted by molar-refractivity contribution is 6.61. The quantitative estimate of drug-likeness (QED) is 0.765. The van der Waals surface area contributed by atoms with E-state index in [1.807, 2.05) is 52.9 Å². The zero-order valence-corrected chi connectivity index (χ0v) is 12.8. The first kappa shape index (κ1) is 16.2. The summed E-state index contributed by atoms with van der Waals surface area (Å²) in [6, 6.07) is 3.97. The second kappa shape index (κ2) is 8.33. The molecule has 0 saturated heterocycles. The molecule has 106 valence electrons. The van der Waals surface area contributed by atoms with E-state index < -0.39 is 0 Å². The summed E-state index contributed by atoms with van der Waals surface area (Å²) < 4.78 is 11.4. The molecule has 0 spiro atoms. The standard InChI is InChI=1S/C12H20BNO2.C3H6/c1-9(2)15-13(16-10(3)4)12-7-6-11(5)14-8-12;1-2-3-1/h6-10H,1-5H3;1-3H2. The first-order chi connectivity index (χ1) is 8.99. The van der Waals surface area contributed by atoms with Crippen molar-refractivity contribution in [3.05, 3.63) is 24.0 Å². The van der Waals surface area contributed by atoms with Gasteiger partial charge in [0.25, 0.3) is 0 Å². The second-order valence-electron chi connectivity index (χ2n) is 5.50. The lowest BCUT2D eigenvalue weighted by molar-refractivity contribution is 0.139. The maximum absolute atomic E-state index is 5.72. The van der Waals surface area contributed by atoms with Crippen LogP contribution >= 0.6 is 0 Å². The number of hydrogen-bond acceptors (Lipinski definition) is 3. The molecule has 0 radical (unpaired) electrons. The summed E-state index contributed by atoms with van der Waals surface area (Å²) in [5.41, 5.74) is 1.96. The molecule has 1 aliphatic carbocycles. The third-order valence-corrected chi connectivity index (χ3v) is 2.35. The van der Waals surface area contributed by atoms with Crippen molar-refractivity contribution in [3.8, 4) is 0 Å². The molecule has 3 nitrogen and oxygen atoms in total. The van der Waals surface area contributed by atoms with Crippen LogP contribution in [0.4, 0.5) is 0 Å². The third-order valence-electron chi connectivity index (χ3n) is 2.35. The highest BCUT2D eigenvalue weighted by atomic mass is 16.6. The first-order valence-electron chi connectivity index (χ1n) is 7.22. The van der Waals surface area contributed by atoms with Gasteiger partial charge >= 0.3 is 7.12 Å². The summed E-state index contributed by atoms with van der Waals surface area (Å²) >= 11 is 0. The lowest BCUT2D eigenvalue weighted by Gasteiger charge is -2.19. The van der Waals surface area contributed by atoms with Gasteiger partial charge in [-0.1, -0.05) is 25.3 Å². The van der Waals surface area contributed by atoms with Crippen LogP contribution in [0.3, 0.4) is 0 Å². The molecule has 0 atom stereocenters. The average molecular weight is 263 g/mol. The van der Waals surface area contributed by atoms with E-state index in [4.69, 9.17) is 9.31 Å². The van der Waals surface area contributed by atoms with E-state index in [0.29, 0.717) is 0 Å². The fraction of sp³-hybridized carbons (Fsp3) is 0.667. The third kappa shape index (κ3) is 8.01. The Bertz CT molecular complexity index is 337. The van der Waals surface area contributed by atoms with Crippen molar-refractivity contribution in [1.82, 2.24) is 4.98 Å². The number of pyridine rings is 1. The van der Waals surface area contributed by atoms with Gasteiger partial charge in [-0.25, -0.2) is 0 Å². The summed E-state index contributed by atoms with van der Waals surface area (Å²) in [5, 5.41) is 0. The highest BCUT2D eigenvalue weighted by Gasteiger charge is 2.24. The summed E-state index contributed by atoms with van der Waals surface area (Å²) in [4.78, 5) is 4.25. The lowest BCUT2D eigenvalue weighted by atomic mass is 9.79. The zero-order valence-electron chi connectivity index (χ0n) is 12.8. The van der Waals surface area contributed by atoms with Gasteiger partial charge in [-0.2, -0.15) is 0 Å². The molecule has 19 heavy (non-hydrogen) atoms. The molecule has 0 unspecified atom stereocenters. The minimum Gasteiger partial charge on any atom is -0.405 e. The van der Waals surface area contributed by atoms with Crippen molar-refractivity contribution in [2.24, 2.45) is 0 Å². The van der Waals surface area contributed by atoms with Gasteiger partial charge in [-0.05, 0) is 40.7 Å². The number of hydrogen-bond donors (Lipinski definition) is 0. The smallest absolute Gasteiger partial charge is 0.405 e. The molecule has 1 heterocycles. The van der Waals surface area contributed by atoms with Crippen LogP contribution in [0.15, 0.2) is 18.3 Å². The highest BCUT2D eigenvalue weighted by Crippen LogP contribution is 2.14. The lowest BCUT2D eigenvalue weighted by Crippen LogP contribution is -2.41. The van der Waals surface area contributed by atoms with Crippen LogP contribution in [0, 0.1) is 6.92 Å². The van der Waals surface area contributed by atoms with Crippen LogP contribution in [0.25, 0.3) is 0 Å². The summed E-state index contributed by atoms with van der Waals surface area (Å²) in [5.74, 6) is 0. The molecule has 0 N–H and O–H groups in total. The van der Waals surface area contributed by atoms with Crippen molar-refractivity contribution >= 4 is 12.6 Å². The Morgan fingerprint density at radius 2 is 1.53 bits per heavy atom. The molecular weight excluding hydrogens is 237 g/mol. The molecule has 1 fully saturated rings. The van der Waals surface area contributed by atoms with Crippen LogP contribution in [0.5, 0.6) is 0 Å². The van der Waals surface area contributed by atoms with Gasteiger partial charge in [0.2, 0.25) is 0 Å². The molecule has 4 heteroatoms. The molecule has 0 bridgehead atoms. The summed E-state index contributed by atoms with van der Waals surface area (Å²) in [6.45, 7) is 9.96. The molecule has 1 aliphatic rings. The van der Waals surface area contributed by atoms with Crippen LogP contribution in [0.1, 0.15) is 52.7 Å². The van der Waals surface area contributed by atoms with E-state index >= 15 is 0 Å². The van der Waals surface area contributed by atoms with E-state index in [0.717, 1.165) is 11.2 Å². The van der Waals surface area contributed by atoms with E-state index in [1.54, 1.807) is 0 Å². The van der Waals surface area contributed by atoms with Crippen LogP contribution < -0.4 is 5.46 Å². The predicted molar refractivity (Wildman–Crippen MR) is 80.7 cm³/mol. The fourth-order valence-electron chi connectivity index (χ4n) is 1.30.